The van der Waals surface area contributed by atoms with E-state index in [0.29, 0.717) is 11.7 Å². The lowest BCUT2D eigenvalue weighted by Crippen LogP contribution is -2.25. The first-order valence-corrected chi connectivity index (χ1v) is 14.4. The van der Waals surface area contributed by atoms with Crippen molar-refractivity contribution in [3.63, 3.8) is 0 Å². The Hall–Kier alpha value is -4.74. The molecule has 2 atom stereocenters. The van der Waals surface area contributed by atoms with E-state index in [0.717, 1.165) is 37.0 Å². The van der Waals surface area contributed by atoms with Crippen LogP contribution in [0.1, 0.15) is 40.2 Å². The second-order valence-corrected chi connectivity index (χ2v) is 11.4. The molecule has 0 aliphatic heterocycles. The van der Waals surface area contributed by atoms with Gasteiger partial charge >= 0.3 is 6.11 Å². The molecule has 2 unspecified atom stereocenters. The number of nitrogens with zero attached hydrogens (tertiary/aromatic N) is 1. The molecule has 0 fully saturated rings. The highest BCUT2D eigenvalue weighted by atomic mass is 19.3. The van der Waals surface area contributed by atoms with Gasteiger partial charge in [-0.2, -0.15) is 8.78 Å². The van der Waals surface area contributed by atoms with Gasteiger partial charge in [-0.05, 0) is 89.6 Å². The predicted octanol–water partition coefficient (Wildman–Crippen LogP) is 9.46. The Balaban J connectivity index is 1.13. The van der Waals surface area contributed by atoms with Crippen LogP contribution in [0.5, 0.6) is 5.75 Å². The molecular formula is C35H24F9NO2. The molecule has 0 amide bonds. The number of hydrogen-bond donors (Lipinski definition) is 0. The molecule has 0 aromatic heterocycles. The van der Waals surface area contributed by atoms with Crippen molar-refractivity contribution in [1.82, 2.24) is 0 Å². The summed E-state index contributed by atoms with van der Waals surface area (Å²) in [5, 5.41) is 0. The summed E-state index contributed by atoms with van der Waals surface area (Å²) in [5.74, 6) is -12.4. The number of alkyl halides is 2. The van der Waals surface area contributed by atoms with Gasteiger partial charge in [0.2, 0.25) is 0 Å². The molecule has 47 heavy (non-hydrogen) atoms. The molecule has 2 aliphatic rings. The molecule has 0 saturated heterocycles. The molecular weight excluding hydrogens is 637 g/mol. The van der Waals surface area contributed by atoms with Crippen LogP contribution in [-0.2, 0) is 30.3 Å². The third-order valence-corrected chi connectivity index (χ3v) is 8.09. The highest BCUT2D eigenvalue weighted by molar-refractivity contribution is 5.66. The molecule has 4 aromatic rings. The largest absolute Gasteiger partial charge is 0.493 e. The number of fused-ring (bicyclic) bond motifs is 1. The Morgan fingerprint density at radius 3 is 2.06 bits per heavy atom. The Morgan fingerprint density at radius 2 is 1.43 bits per heavy atom. The molecule has 6 rings (SSSR count). The fourth-order valence-corrected chi connectivity index (χ4v) is 5.80. The van der Waals surface area contributed by atoms with Crippen molar-refractivity contribution in [2.45, 2.75) is 37.9 Å². The van der Waals surface area contributed by atoms with Gasteiger partial charge in [-0.15, -0.1) is 0 Å². The van der Waals surface area contributed by atoms with Crippen LogP contribution in [-0.4, -0.2) is 13.3 Å². The number of ether oxygens (including phenoxy) is 2. The molecule has 0 heterocycles. The van der Waals surface area contributed by atoms with Crippen molar-refractivity contribution in [2.75, 3.05) is 7.05 Å². The van der Waals surface area contributed by atoms with E-state index in [1.54, 1.807) is 7.05 Å². The average molecular weight is 662 g/mol. The number of hydrogen-bond acceptors (Lipinski definition) is 3. The lowest BCUT2D eigenvalue weighted by atomic mass is 9.99. The molecule has 0 radical (unpaired) electrons. The van der Waals surface area contributed by atoms with Gasteiger partial charge < -0.3 is 14.5 Å². The summed E-state index contributed by atoms with van der Waals surface area (Å²) in [6.45, 7) is -0.213. The van der Waals surface area contributed by atoms with Crippen molar-refractivity contribution < 1.29 is 49.0 Å². The predicted molar refractivity (Wildman–Crippen MR) is 155 cm³/mol. The van der Waals surface area contributed by atoms with Crippen LogP contribution in [0.3, 0.4) is 0 Å². The molecule has 0 spiro atoms. The Labute approximate surface area is 263 Å². The molecule has 0 bridgehead atoms. The van der Waals surface area contributed by atoms with E-state index >= 15 is 8.78 Å². The van der Waals surface area contributed by atoms with Crippen LogP contribution in [0.15, 0.2) is 71.4 Å². The fourth-order valence-electron chi connectivity index (χ4n) is 5.80. The third kappa shape index (κ3) is 6.59. The van der Waals surface area contributed by atoms with Crippen LogP contribution in [0.4, 0.5) is 39.5 Å². The smallest absolute Gasteiger partial charge is 0.432 e. The van der Waals surface area contributed by atoms with E-state index < -0.39 is 69.3 Å². The lowest BCUT2D eigenvalue weighted by Gasteiger charge is -2.20. The zero-order valence-electron chi connectivity index (χ0n) is 24.5. The SMILES string of the molecule is CN=CCC1Cc2ccc(C3C=C3OCc3cc(F)c(-c4cc(F)c(C(F)(F)Oc5cc(F)c(F)c(F)c5)c(F)c4)c(F)c3)cc2C1. The zero-order valence-corrected chi connectivity index (χ0v) is 24.5. The normalized spacial score (nSPS) is 17.2. The van der Waals surface area contributed by atoms with Crippen LogP contribution >= 0.6 is 0 Å². The Morgan fingerprint density at radius 1 is 0.787 bits per heavy atom. The number of rotatable bonds is 10. The van der Waals surface area contributed by atoms with Crippen molar-refractivity contribution in [3.05, 3.63) is 135 Å². The molecule has 0 saturated carbocycles. The molecule has 0 N–H and O–H groups in total. The van der Waals surface area contributed by atoms with Crippen LogP contribution in [0.25, 0.3) is 11.1 Å². The summed E-state index contributed by atoms with van der Waals surface area (Å²) in [6.07, 6.45) is 1.78. The van der Waals surface area contributed by atoms with Gasteiger partial charge in [-0.3, -0.25) is 0 Å². The highest BCUT2D eigenvalue weighted by Gasteiger charge is 2.42. The van der Waals surface area contributed by atoms with Crippen molar-refractivity contribution >= 4 is 6.21 Å². The third-order valence-electron chi connectivity index (χ3n) is 8.09. The molecule has 2 aliphatic carbocycles. The van der Waals surface area contributed by atoms with Gasteiger partial charge in [0.1, 0.15) is 46.9 Å². The van der Waals surface area contributed by atoms with E-state index in [1.807, 2.05) is 18.4 Å². The molecule has 244 valence electrons. The minimum absolute atomic E-state index is 0.0547. The maximum Gasteiger partial charge on any atom is 0.432 e. The van der Waals surface area contributed by atoms with E-state index in [1.165, 1.54) is 11.1 Å². The average Bonchev–Trinajstić information content (AvgIpc) is 3.65. The number of benzene rings is 4. The Kier molecular flexibility index (Phi) is 8.54. The van der Waals surface area contributed by atoms with E-state index in [4.69, 9.17) is 4.74 Å². The van der Waals surface area contributed by atoms with Gasteiger partial charge in [0.05, 0.1) is 11.5 Å². The van der Waals surface area contributed by atoms with Crippen molar-refractivity contribution in [1.29, 1.82) is 0 Å². The standard InChI is InChI=1S/C35H24F9NO2/c1-45-5-4-17-6-19-2-3-20(10-21(19)7-17)24-15-31(24)46-16-18-8-25(36)32(26(37)9-18)22-11-27(38)33(28(39)12-22)35(43,44)47-23-13-29(40)34(42)30(41)14-23/h2-3,5,8-15,17,24H,4,6-7,16H2,1H3. The van der Waals surface area contributed by atoms with E-state index in [2.05, 4.69) is 21.9 Å². The first-order valence-electron chi connectivity index (χ1n) is 14.4. The van der Waals surface area contributed by atoms with E-state index in [-0.39, 0.29) is 42.4 Å². The van der Waals surface area contributed by atoms with Crippen molar-refractivity contribution in [2.24, 2.45) is 10.9 Å². The van der Waals surface area contributed by atoms with Crippen molar-refractivity contribution in [3.8, 4) is 16.9 Å². The summed E-state index contributed by atoms with van der Waals surface area (Å²) >= 11 is 0. The first-order chi connectivity index (χ1) is 22.3. The maximum absolute atomic E-state index is 15.1. The lowest BCUT2D eigenvalue weighted by molar-refractivity contribution is -0.189. The molecule has 12 heteroatoms. The van der Waals surface area contributed by atoms with Gasteiger partial charge in [-0.25, -0.2) is 30.7 Å². The Bertz CT molecular complexity index is 1870. The summed E-state index contributed by atoms with van der Waals surface area (Å²) in [5.41, 5.74) is 0.0394. The van der Waals surface area contributed by atoms with Gasteiger partial charge in [0.15, 0.2) is 17.5 Å². The van der Waals surface area contributed by atoms with Gasteiger partial charge in [-0.1, -0.05) is 18.2 Å². The number of halogens is 9. The van der Waals surface area contributed by atoms with Crippen LogP contribution < -0.4 is 4.74 Å². The number of allylic oxidation sites excluding steroid dienone is 2. The quantitative estimate of drug-likeness (QED) is 0.0964. The fraction of sp³-hybridized carbons (Fsp3) is 0.229. The monoisotopic (exact) mass is 661 g/mol. The van der Waals surface area contributed by atoms with Gasteiger partial charge in [0, 0.05) is 19.2 Å². The summed E-state index contributed by atoms with van der Waals surface area (Å²) < 4.78 is 139. The van der Waals surface area contributed by atoms with Gasteiger partial charge in [0.25, 0.3) is 0 Å². The zero-order chi connectivity index (χ0) is 33.6. The minimum atomic E-state index is -4.86. The first kappa shape index (κ1) is 32.2. The topological polar surface area (TPSA) is 30.8 Å². The van der Waals surface area contributed by atoms with Crippen LogP contribution in [0, 0.1) is 46.6 Å². The summed E-state index contributed by atoms with van der Waals surface area (Å²) in [6, 6.07) is 8.67. The molecule has 3 nitrogen and oxygen atoms in total. The summed E-state index contributed by atoms with van der Waals surface area (Å²) in [4.78, 5) is 4.06. The highest BCUT2D eigenvalue weighted by Crippen LogP contribution is 2.43. The second-order valence-electron chi connectivity index (χ2n) is 11.4. The second kappa shape index (κ2) is 12.5. The maximum atomic E-state index is 15.1. The van der Waals surface area contributed by atoms with Crippen LogP contribution in [0.2, 0.25) is 0 Å². The minimum Gasteiger partial charge on any atom is -0.493 e. The van der Waals surface area contributed by atoms with E-state index in [9.17, 15) is 30.7 Å². The molecule has 4 aromatic carbocycles. The summed E-state index contributed by atoms with van der Waals surface area (Å²) in [7, 11) is 1.75. The number of aliphatic imine (C=N–C) groups is 1.